The maximum atomic E-state index is 12.2. The van der Waals surface area contributed by atoms with Crippen molar-refractivity contribution in [2.75, 3.05) is 32.7 Å². The van der Waals surface area contributed by atoms with E-state index in [2.05, 4.69) is 15.2 Å². The van der Waals surface area contributed by atoms with Crippen molar-refractivity contribution in [1.29, 1.82) is 0 Å². The minimum atomic E-state index is 0.0494. The van der Waals surface area contributed by atoms with Crippen LogP contribution in [0.2, 0.25) is 0 Å². The van der Waals surface area contributed by atoms with E-state index in [1.807, 2.05) is 28.5 Å². The highest BCUT2D eigenvalue weighted by Gasteiger charge is 2.22. The minimum Gasteiger partial charge on any atom is -0.357 e. The predicted octanol–water partition coefficient (Wildman–Crippen LogP) is 1.54. The summed E-state index contributed by atoms with van der Waals surface area (Å²) in [7, 11) is 0. The van der Waals surface area contributed by atoms with Crippen LogP contribution in [0.5, 0.6) is 0 Å². The van der Waals surface area contributed by atoms with E-state index in [-0.39, 0.29) is 11.8 Å². The first kappa shape index (κ1) is 16.7. The molecule has 0 saturated carbocycles. The van der Waals surface area contributed by atoms with Crippen molar-refractivity contribution in [3.8, 4) is 0 Å². The van der Waals surface area contributed by atoms with Crippen LogP contribution in [0.15, 0.2) is 35.8 Å². The van der Waals surface area contributed by atoms with Gasteiger partial charge in [0.1, 0.15) is 5.69 Å². The Balaban J connectivity index is 1.35. The SMILES string of the molecule is O=C(CCN1CCN(C(=O)c2ccc[nH]2)CC1)NCc1cccs1. The number of carbonyl (C=O) groups excluding carboxylic acids is 2. The van der Waals surface area contributed by atoms with E-state index in [9.17, 15) is 9.59 Å². The summed E-state index contributed by atoms with van der Waals surface area (Å²) in [5, 5.41) is 4.96. The molecule has 24 heavy (non-hydrogen) atoms. The van der Waals surface area contributed by atoms with Crippen molar-refractivity contribution < 1.29 is 9.59 Å². The molecular weight excluding hydrogens is 324 g/mol. The van der Waals surface area contributed by atoms with Gasteiger partial charge in [-0.1, -0.05) is 6.07 Å². The monoisotopic (exact) mass is 346 g/mol. The molecule has 0 aromatic carbocycles. The van der Waals surface area contributed by atoms with Crippen LogP contribution in [0.3, 0.4) is 0 Å². The lowest BCUT2D eigenvalue weighted by Gasteiger charge is -2.34. The molecular formula is C17H22N4O2S. The summed E-state index contributed by atoms with van der Waals surface area (Å²) in [5.74, 6) is 0.127. The fraction of sp³-hybridized carbons (Fsp3) is 0.412. The molecule has 128 valence electrons. The van der Waals surface area contributed by atoms with Crippen molar-refractivity contribution in [2.45, 2.75) is 13.0 Å². The van der Waals surface area contributed by atoms with Gasteiger partial charge in [0.2, 0.25) is 5.91 Å². The van der Waals surface area contributed by atoms with Gasteiger partial charge in [-0.15, -0.1) is 11.3 Å². The Hall–Kier alpha value is -2.12. The van der Waals surface area contributed by atoms with Crippen molar-refractivity contribution in [3.63, 3.8) is 0 Å². The molecule has 1 saturated heterocycles. The molecule has 1 aliphatic heterocycles. The number of piperazine rings is 1. The molecule has 0 aliphatic carbocycles. The lowest BCUT2D eigenvalue weighted by molar-refractivity contribution is -0.121. The van der Waals surface area contributed by atoms with Crippen LogP contribution < -0.4 is 5.32 Å². The minimum absolute atomic E-state index is 0.0494. The Labute approximate surface area is 145 Å². The Kier molecular flexibility index (Phi) is 5.66. The number of nitrogens with zero attached hydrogens (tertiary/aromatic N) is 2. The number of carbonyl (C=O) groups is 2. The van der Waals surface area contributed by atoms with E-state index in [0.717, 1.165) is 19.6 Å². The summed E-state index contributed by atoms with van der Waals surface area (Å²) >= 11 is 1.65. The molecule has 6 nitrogen and oxygen atoms in total. The lowest BCUT2D eigenvalue weighted by atomic mass is 10.2. The molecule has 7 heteroatoms. The van der Waals surface area contributed by atoms with Crippen molar-refractivity contribution in [2.24, 2.45) is 0 Å². The zero-order valence-electron chi connectivity index (χ0n) is 13.5. The highest BCUT2D eigenvalue weighted by molar-refractivity contribution is 7.09. The smallest absolute Gasteiger partial charge is 0.270 e. The number of amides is 2. The number of hydrogen-bond acceptors (Lipinski definition) is 4. The van der Waals surface area contributed by atoms with Gasteiger partial charge in [0.15, 0.2) is 0 Å². The van der Waals surface area contributed by atoms with Gasteiger partial charge in [0.05, 0.1) is 6.54 Å². The molecule has 0 atom stereocenters. The Bertz CT molecular complexity index is 646. The highest BCUT2D eigenvalue weighted by Crippen LogP contribution is 2.09. The molecule has 2 aromatic rings. The van der Waals surface area contributed by atoms with Gasteiger partial charge < -0.3 is 15.2 Å². The number of rotatable bonds is 6. The summed E-state index contributed by atoms with van der Waals surface area (Å²) in [6.07, 6.45) is 2.26. The average Bonchev–Trinajstić information content (AvgIpc) is 3.31. The Morgan fingerprint density at radius 3 is 2.67 bits per heavy atom. The Morgan fingerprint density at radius 2 is 2.00 bits per heavy atom. The van der Waals surface area contributed by atoms with Gasteiger partial charge >= 0.3 is 0 Å². The molecule has 2 aromatic heterocycles. The molecule has 0 radical (unpaired) electrons. The molecule has 0 unspecified atom stereocenters. The van der Waals surface area contributed by atoms with Gasteiger partial charge in [-0.2, -0.15) is 0 Å². The second-order valence-corrected chi connectivity index (χ2v) is 6.86. The van der Waals surface area contributed by atoms with Crippen molar-refractivity contribution in [1.82, 2.24) is 20.1 Å². The number of nitrogens with one attached hydrogen (secondary N) is 2. The van der Waals surface area contributed by atoms with Crippen LogP contribution in [-0.2, 0) is 11.3 Å². The zero-order chi connectivity index (χ0) is 16.8. The molecule has 3 rings (SSSR count). The quantitative estimate of drug-likeness (QED) is 0.834. The van der Waals surface area contributed by atoms with E-state index in [4.69, 9.17) is 0 Å². The number of thiophene rings is 1. The van der Waals surface area contributed by atoms with E-state index < -0.39 is 0 Å². The molecule has 0 spiro atoms. The molecule has 2 amide bonds. The van der Waals surface area contributed by atoms with Crippen LogP contribution >= 0.6 is 11.3 Å². The number of hydrogen-bond donors (Lipinski definition) is 2. The second kappa shape index (κ2) is 8.12. The fourth-order valence-corrected chi connectivity index (χ4v) is 3.40. The van der Waals surface area contributed by atoms with E-state index in [1.165, 1.54) is 4.88 Å². The van der Waals surface area contributed by atoms with Gasteiger partial charge in [0.25, 0.3) is 5.91 Å². The van der Waals surface area contributed by atoms with Crippen LogP contribution in [-0.4, -0.2) is 59.3 Å². The first-order valence-corrected chi connectivity index (χ1v) is 9.04. The maximum absolute atomic E-state index is 12.2. The van der Waals surface area contributed by atoms with Gasteiger partial charge in [-0.3, -0.25) is 14.5 Å². The topological polar surface area (TPSA) is 68.4 Å². The van der Waals surface area contributed by atoms with Gasteiger partial charge in [-0.25, -0.2) is 0 Å². The van der Waals surface area contributed by atoms with Crippen LogP contribution in [0, 0.1) is 0 Å². The first-order chi connectivity index (χ1) is 11.7. The largest absolute Gasteiger partial charge is 0.357 e. The van der Waals surface area contributed by atoms with Crippen LogP contribution in [0.25, 0.3) is 0 Å². The van der Waals surface area contributed by atoms with Crippen LogP contribution in [0.1, 0.15) is 21.8 Å². The number of aromatic nitrogens is 1. The zero-order valence-corrected chi connectivity index (χ0v) is 14.3. The van der Waals surface area contributed by atoms with E-state index in [0.29, 0.717) is 31.7 Å². The molecule has 3 heterocycles. The van der Waals surface area contributed by atoms with E-state index >= 15 is 0 Å². The summed E-state index contributed by atoms with van der Waals surface area (Å²) in [4.78, 5) is 32.4. The first-order valence-electron chi connectivity index (χ1n) is 8.16. The average molecular weight is 346 g/mol. The van der Waals surface area contributed by atoms with Crippen molar-refractivity contribution in [3.05, 3.63) is 46.4 Å². The predicted molar refractivity (Wildman–Crippen MR) is 93.9 cm³/mol. The standard InChI is InChI=1S/C17H22N4O2S/c22-16(19-13-14-3-2-12-24-14)5-7-20-8-10-21(11-9-20)17(23)15-4-1-6-18-15/h1-4,6,12,18H,5,7-11,13H2,(H,19,22). The fourth-order valence-electron chi connectivity index (χ4n) is 2.76. The molecule has 0 bridgehead atoms. The van der Waals surface area contributed by atoms with E-state index in [1.54, 1.807) is 23.6 Å². The molecule has 1 aliphatic rings. The Morgan fingerprint density at radius 1 is 1.17 bits per heavy atom. The third-order valence-electron chi connectivity index (χ3n) is 4.18. The third kappa shape index (κ3) is 4.46. The van der Waals surface area contributed by atoms with Gasteiger partial charge in [0, 0.05) is 50.2 Å². The molecule has 2 N–H and O–H groups in total. The van der Waals surface area contributed by atoms with Gasteiger partial charge in [-0.05, 0) is 23.6 Å². The van der Waals surface area contributed by atoms with Crippen LogP contribution in [0.4, 0.5) is 0 Å². The third-order valence-corrected chi connectivity index (χ3v) is 5.06. The summed E-state index contributed by atoms with van der Waals surface area (Å²) < 4.78 is 0. The summed E-state index contributed by atoms with van der Waals surface area (Å²) in [5.41, 5.74) is 0.636. The lowest BCUT2D eigenvalue weighted by Crippen LogP contribution is -2.49. The number of aromatic amines is 1. The maximum Gasteiger partial charge on any atom is 0.270 e. The number of H-pyrrole nitrogens is 1. The summed E-state index contributed by atoms with van der Waals surface area (Å²) in [6.45, 7) is 4.37. The molecule has 1 fully saturated rings. The normalized spacial score (nSPS) is 15.4. The second-order valence-electron chi connectivity index (χ2n) is 5.82. The van der Waals surface area contributed by atoms with Crippen molar-refractivity contribution >= 4 is 23.2 Å². The highest BCUT2D eigenvalue weighted by atomic mass is 32.1. The summed E-state index contributed by atoms with van der Waals surface area (Å²) in [6, 6.07) is 7.64.